The largest absolute Gasteiger partial charge is 0.490 e. The maximum absolute atomic E-state index is 12.4. The zero-order chi connectivity index (χ0) is 23.2. The number of pyridine rings is 1. The lowest BCUT2D eigenvalue weighted by Crippen LogP contribution is -2.16. The van der Waals surface area contributed by atoms with E-state index in [0.29, 0.717) is 33.2 Å². The van der Waals surface area contributed by atoms with Crippen molar-refractivity contribution in [3.8, 4) is 11.5 Å². The molecule has 4 aromatic rings. The maximum atomic E-state index is 12.4. The molecule has 0 saturated heterocycles. The van der Waals surface area contributed by atoms with Gasteiger partial charge in [-0.1, -0.05) is 17.7 Å². The van der Waals surface area contributed by atoms with Crippen molar-refractivity contribution in [2.24, 2.45) is 5.73 Å². The molecule has 0 spiro atoms. The van der Waals surface area contributed by atoms with Crippen LogP contribution in [0, 0.1) is 6.07 Å². The van der Waals surface area contributed by atoms with Gasteiger partial charge in [-0.3, -0.25) is 9.78 Å². The van der Waals surface area contributed by atoms with Crippen LogP contribution < -0.4 is 20.5 Å². The molecule has 3 N–H and O–H groups in total. The Kier molecular flexibility index (Phi) is 6.80. The van der Waals surface area contributed by atoms with Crippen molar-refractivity contribution >= 4 is 39.9 Å². The molecule has 0 atom stereocenters. The molecule has 2 heterocycles. The molecule has 0 fully saturated rings. The molecule has 1 radical (unpaired) electrons. The summed E-state index contributed by atoms with van der Waals surface area (Å²) in [7, 11) is 0. The number of nitrogens with one attached hydrogen (secondary N) is 1. The summed E-state index contributed by atoms with van der Waals surface area (Å²) in [5.74, 6) is 0.114. The highest BCUT2D eigenvalue weighted by Gasteiger charge is 2.14. The van der Waals surface area contributed by atoms with E-state index in [0.717, 1.165) is 5.69 Å². The first-order chi connectivity index (χ1) is 16.0. The molecule has 167 valence electrons. The average molecular weight is 467 g/mol. The lowest BCUT2D eigenvalue weighted by Gasteiger charge is -2.13. The van der Waals surface area contributed by atoms with Gasteiger partial charge in [0.25, 0.3) is 5.91 Å². The summed E-state index contributed by atoms with van der Waals surface area (Å²) in [6.45, 7) is -0.486. The standard InChI is InChI=1S/C23H18ClFN5O3/c24-18-11-14(4-7-20(18)33-13-15-3-1-2-9-27-15)28-22-17-6-5-16(32-10-8-25)12-19(17)29-23(30-22)21(26)31/h1-4,6-7,9,11-12H,8,10,13H2,(H2,26,31)(H,28,29,30). The van der Waals surface area contributed by atoms with Crippen LogP contribution in [0.2, 0.25) is 5.02 Å². The number of carbonyl (C=O) groups excluding carboxylic acids is 1. The van der Waals surface area contributed by atoms with Gasteiger partial charge in [0, 0.05) is 29.4 Å². The minimum Gasteiger partial charge on any atom is -0.490 e. The van der Waals surface area contributed by atoms with Gasteiger partial charge in [-0.05, 0) is 36.4 Å². The third-order valence-corrected chi connectivity index (χ3v) is 4.75. The summed E-state index contributed by atoms with van der Waals surface area (Å²) in [6.07, 6.45) is 1.69. The van der Waals surface area contributed by atoms with Crippen LogP contribution in [0.15, 0.2) is 54.7 Å². The number of rotatable bonds is 9. The Hall–Kier alpha value is -3.98. The number of hydrogen-bond acceptors (Lipinski definition) is 7. The van der Waals surface area contributed by atoms with Crippen LogP contribution in [0.1, 0.15) is 16.3 Å². The highest BCUT2D eigenvalue weighted by atomic mass is 35.5. The van der Waals surface area contributed by atoms with Crippen LogP contribution >= 0.6 is 11.6 Å². The minimum atomic E-state index is -0.796. The summed E-state index contributed by atoms with van der Waals surface area (Å²) in [4.78, 5) is 24.3. The number of primary amides is 1. The predicted octanol–water partition coefficient (Wildman–Crippen LogP) is 4.25. The Labute approximate surface area is 193 Å². The van der Waals surface area contributed by atoms with E-state index in [4.69, 9.17) is 26.8 Å². The molecular weight excluding hydrogens is 449 g/mol. The first-order valence-corrected chi connectivity index (χ1v) is 10.2. The Morgan fingerprint density at radius 1 is 1.18 bits per heavy atom. The molecule has 8 nitrogen and oxygen atoms in total. The molecule has 33 heavy (non-hydrogen) atoms. The number of anilines is 2. The Morgan fingerprint density at radius 2 is 2.06 bits per heavy atom. The molecular formula is C23H18ClFN5O3. The van der Waals surface area contributed by atoms with E-state index in [1.165, 1.54) is 6.07 Å². The number of nitrogens with zero attached hydrogens (tertiary/aromatic N) is 3. The lowest BCUT2D eigenvalue weighted by molar-refractivity contribution is 0.0991. The van der Waals surface area contributed by atoms with Gasteiger partial charge in [0.1, 0.15) is 37.2 Å². The molecule has 2 aromatic heterocycles. The van der Waals surface area contributed by atoms with Gasteiger partial charge in [-0.15, -0.1) is 0 Å². The Morgan fingerprint density at radius 3 is 2.79 bits per heavy atom. The highest BCUT2D eigenvalue weighted by Crippen LogP contribution is 2.31. The summed E-state index contributed by atoms with van der Waals surface area (Å²) in [5, 5.41) is 4.04. The van der Waals surface area contributed by atoms with E-state index < -0.39 is 12.6 Å². The van der Waals surface area contributed by atoms with Crippen molar-refractivity contribution in [1.29, 1.82) is 0 Å². The molecule has 2 aromatic carbocycles. The monoisotopic (exact) mass is 466 g/mol. The molecule has 0 bridgehead atoms. The number of benzene rings is 2. The van der Waals surface area contributed by atoms with Gasteiger partial charge in [0.2, 0.25) is 5.82 Å². The van der Waals surface area contributed by atoms with Gasteiger partial charge in [0.15, 0.2) is 0 Å². The number of carbonyl (C=O) groups is 1. The van der Waals surface area contributed by atoms with Crippen molar-refractivity contribution in [3.63, 3.8) is 0 Å². The number of alkyl halides is 1. The van der Waals surface area contributed by atoms with E-state index in [9.17, 15) is 9.18 Å². The van der Waals surface area contributed by atoms with E-state index in [1.54, 1.807) is 30.5 Å². The summed E-state index contributed by atoms with van der Waals surface area (Å²) in [5.41, 5.74) is 7.14. The fraction of sp³-hybridized carbons (Fsp3) is 0.130. The van der Waals surface area contributed by atoms with Crippen molar-refractivity contribution in [2.75, 3.05) is 18.6 Å². The number of fused-ring (bicyclic) bond motifs is 1. The second-order valence-electron chi connectivity index (χ2n) is 6.77. The second kappa shape index (κ2) is 10.1. The predicted molar refractivity (Wildman–Crippen MR) is 122 cm³/mol. The maximum Gasteiger partial charge on any atom is 0.286 e. The van der Waals surface area contributed by atoms with Crippen molar-refractivity contribution in [3.05, 3.63) is 77.3 Å². The molecule has 4 rings (SSSR count). The van der Waals surface area contributed by atoms with Crippen LogP contribution in [-0.4, -0.2) is 34.1 Å². The quantitative estimate of drug-likeness (QED) is 0.379. The SMILES string of the molecule is NC(=O)c1nc(Nc2ccc(OCc3ccccn3)c(Cl)c2)c2c[c]c(OCCF)cc2n1. The third kappa shape index (κ3) is 5.45. The van der Waals surface area contributed by atoms with E-state index in [2.05, 4.69) is 26.3 Å². The number of aromatic nitrogens is 3. The molecule has 10 heteroatoms. The second-order valence-corrected chi connectivity index (χ2v) is 7.18. The van der Waals surface area contributed by atoms with Crippen molar-refractivity contribution < 1.29 is 18.7 Å². The first-order valence-electron chi connectivity index (χ1n) is 9.85. The van der Waals surface area contributed by atoms with Crippen LogP contribution in [0.25, 0.3) is 10.9 Å². The van der Waals surface area contributed by atoms with E-state index in [-0.39, 0.29) is 24.8 Å². The van der Waals surface area contributed by atoms with Gasteiger partial charge < -0.3 is 20.5 Å². The first kappa shape index (κ1) is 22.2. The Balaban J connectivity index is 1.59. The third-order valence-electron chi connectivity index (χ3n) is 4.45. The van der Waals surface area contributed by atoms with Gasteiger partial charge in [-0.25, -0.2) is 14.4 Å². The summed E-state index contributed by atoms with van der Waals surface area (Å²) in [6, 6.07) is 16.7. The fourth-order valence-electron chi connectivity index (χ4n) is 2.95. The molecule has 1 amide bonds. The zero-order valence-corrected chi connectivity index (χ0v) is 18.0. The van der Waals surface area contributed by atoms with Crippen LogP contribution in [0.5, 0.6) is 11.5 Å². The number of hydrogen-bond donors (Lipinski definition) is 2. The molecule has 0 aliphatic rings. The van der Waals surface area contributed by atoms with Crippen LogP contribution in [0.4, 0.5) is 15.9 Å². The van der Waals surface area contributed by atoms with Crippen molar-refractivity contribution in [1.82, 2.24) is 15.0 Å². The number of nitrogens with two attached hydrogens (primary N) is 1. The number of halogens is 2. The molecule has 0 aliphatic heterocycles. The topological polar surface area (TPSA) is 112 Å². The number of amides is 1. The zero-order valence-electron chi connectivity index (χ0n) is 17.2. The summed E-state index contributed by atoms with van der Waals surface area (Å²) < 4.78 is 23.4. The van der Waals surface area contributed by atoms with Crippen LogP contribution in [0.3, 0.4) is 0 Å². The average Bonchev–Trinajstić information content (AvgIpc) is 2.82. The smallest absolute Gasteiger partial charge is 0.286 e. The van der Waals surface area contributed by atoms with Gasteiger partial charge in [0.05, 0.1) is 16.2 Å². The van der Waals surface area contributed by atoms with Crippen LogP contribution in [-0.2, 0) is 6.61 Å². The molecule has 0 saturated carbocycles. The minimum absolute atomic E-state index is 0.117. The normalized spacial score (nSPS) is 10.7. The van der Waals surface area contributed by atoms with E-state index >= 15 is 0 Å². The Bertz CT molecular complexity index is 1290. The molecule has 0 unspecified atom stereocenters. The summed E-state index contributed by atoms with van der Waals surface area (Å²) >= 11 is 6.39. The van der Waals surface area contributed by atoms with Gasteiger partial charge >= 0.3 is 0 Å². The van der Waals surface area contributed by atoms with Crippen molar-refractivity contribution in [2.45, 2.75) is 6.61 Å². The lowest BCUT2D eigenvalue weighted by atomic mass is 10.2. The van der Waals surface area contributed by atoms with Gasteiger partial charge in [-0.2, -0.15) is 0 Å². The fourth-order valence-corrected chi connectivity index (χ4v) is 3.19. The number of ether oxygens (including phenoxy) is 2. The highest BCUT2D eigenvalue weighted by molar-refractivity contribution is 6.32. The molecule has 0 aliphatic carbocycles. The van der Waals surface area contributed by atoms with E-state index in [1.807, 2.05) is 18.2 Å².